The van der Waals surface area contributed by atoms with Crippen molar-refractivity contribution in [2.45, 2.75) is 69.8 Å². The quantitative estimate of drug-likeness (QED) is 0.668. The number of likely N-dealkylation sites (tertiary alicyclic amines) is 1. The third-order valence-corrected chi connectivity index (χ3v) is 5.98. The van der Waals surface area contributed by atoms with Gasteiger partial charge in [-0.05, 0) is 62.3 Å². The number of amides is 2. The standard InChI is InChI=1S/C26H30F2N2O3/c1-26(2,3)33-25(32)30-15-19(27)14-22(30)24(31)29-23(17-7-5-4-6-8-17)18-11-12-20(16-9-10-16)21(28)13-18/h4-8,11-13,16,19,22-23H,9-10,14-15H2,1-3H3,(H,29,31)/t19?,22?,23-/m0/s1. The van der Waals surface area contributed by atoms with Crippen LogP contribution in [0.25, 0.3) is 0 Å². The van der Waals surface area contributed by atoms with Crippen LogP contribution in [0.5, 0.6) is 0 Å². The van der Waals surface area contributed by atoms with Crippen LogP contribution >= 0.6 is 0 Å². The average molecular weight is 457 g/mol. The van der Waals surface area contributed by atoms with Crippen LogP contribution in [0.4, 0.5) is 13.6 Å². The predicted molar refractivity (Wildman–Crippen MR) is 121 cm³/mol. The predicted octanol–water partition coefficient (Wildman–Crippen LogP) is 5.26. The number of rotatable bonds is 5. The average Bonchev–Trinajstić information content (AvgIpc) is 3.51. The maximum atomic E-state index is 14.8. The van der Waals surface area contributed by atoms with Crippen LogP contribution in [0.2, 0.25) is 0 Å². The van der Waals surface area contributed by atoms with Crippen LogP contribution in [0, 0.1) is 5.82 Å². The second kappa shape index (κ2) is 9.12. The summed E-state index contributed by atoms with van der Waals surface area (Å²) in [4.78, 5) is 27.0. The Kier molecular flexibility index (Phi) is 6.41. The lowest BCUT2D eigenvalue weighted by Crippen LogP contribution is -2.48. The van der Waals surface area contributed by atoms with Crippen LogP contribution in [0.15, 0.2) is 48.5 Å². The highest BCUT2D eigenvalue weighted by molar-refractivity contribution is 5.87. The van der Waals surface area contributed by atoms with Crippen molar-refractivity contribution in [1.29, 1.82) is 0 Å². The second-order valence-corrected chi connectivity index (χ2v) is 9.89. The molecule has 0 bridgehead atoms. The number of ether oxygens (including phenoxy) is 1. The molecule has 0 spiro atoms. The zero-order valence-corrected chi connectivity index (χ0v) is 19.2. The monoisotopic (exact) mass is 456 g/mol. The zero-order valence-electron chi connectivity index (χ0n) is 19.2. The Morgan fingerprint density at radius 2 is 1.79 bits per heavy atom. The molecule has 5 nitrogen and oxygen atoms in total. The van der Waals surface area contributed by atoms with E-state index >= 15 is 0 Å². The molecule has 176 valence electrons. The molecule has 2 unspecified atom stereocenters. The maximum absolute atomic E-state index is 14.8. The van der Waals surface area contributed by atoms with Gasteiger partial charge in [0.05, 0.1) is 12.6 Å². The van der Waals surface area contributed by atoms with E-state index in [1.165, 1.54) is 6.07 Å². The summed E-state index contributed by atoms with van der Waals surface area (Å²) < 4.78 is 34.4. The summed E-state index contributed by atoms with van der Waals surface area (Å²) in [6, 6.07) is 12.6. The first-order valence-corrected chi connectivity index (χ1v) is 11.4. The van der Waals surface area contributed by atoms with Gasteiger partial charge < -0.3 is 10.1 Å². The number of nitrogens with one attached hydrogen (secondary N) is 1. The van der Waals surface area contributed by atoms with Crippen LogP contribution < -0.4 is 5.32 Å². The van der Waals surface area contributed by atoms with Crippen molar-refractivity contribution in [2.75, 3.05) is 6.54 Å². The lowest BCUT2D eigenvalue weighted by Gasteiger charge is -2.29. The molecule has 1 N–H and O–H groups in total. The van der Waals surface area contributed by atoms with E-state index in [1.807, 2.05) is 36.4 Å². The van der Waals surface area contributed by atoms with Gasteiger partial charge in [-0.3, -0.25) is 9.69 Å². The van der Waals surface area contributed by atoms with Crippen molar-refractivity contribution < 1.29 is 23.1 Å². The van der Waals surface area contributed by atoms with Crippen LogP contribution in [-0.4, -0.2) is 41.3 Å². The number of benzene rings is 2. The number of nitrogens with zero attached hydrogens (tertiary/aromatic N) is 1. The minimum absolute atomic E-state index is 0.110. The smallest absolute Gasteiger partial charge is 0.411 e. The van der Waals surface area contributed by atoms with Crippen LogP contribution in [0.1, 0.15) is 68.7 Å². The first-order chi connectivity index (χ1) is 15.6. The number of carbonyl (C=O) groups excluding carboxylic acids is 2. The topological polar surface area (TPSA) is 58.6 Å². The van der Waals surface area contributed by atoms with Crippen molar-refractivity contribution in [3.63, 3.8) is 0 Å². The van der Waals surface area contributed by atoms with Gasteiger partial charge in [0.1, 0.15) is 23.6 Å². The summed E-state index contributed by atoms with van der Waals surface area (Å²) in [5.74, 6) is -0.516. The SMILES string of the molecule is CC(C)(C)OC(=O)N1CC(F)CC1C(=O)N[C@@H](c1ccccc1)c1ccc(C2CC2)c(F)c1. The van der Waals surface area contributed by atoms with Gasteiger partial charge in [-0.1, -0.05) is 42.5 Å². The summed E-state index contributed by atoms with van der Waals surface area (Å²) >= 11 is 0. The third kappa shape index (κ3) is 5.52. The van der Waals surface area contributed by atoms with Crippen molar-refractivity contribution in [1.82, 2.24) is 10.2 Å². The molecule has 0 radical (unpaired) electrons. The Morgan fingerprint density at radius 1 is 1.09 bits per heavy atom. The molecule has 1 heterocycles. The first-order valence-electron chi connectivity index (χ1n) is 11.4. The molecular weight excluding hydrogens is 426 g/mol. The van der Waals surface area contributed by atoms with E-state index in [4.69, 9.17) is 4.74 Å². The Balaban J connectivity index is 1.59. The molecule has 4 rings (SSSR count). The summed E-state index contributed by atoms with van der Waals surface area (Å²) in [6.45, 7) is 4.95. The van der Waals surface area contributed by atoms with Gasteiger partial charge in [0, 0.05) is 6.42 Å². The van der Waals surface area contributed by atoms with Crippen molar-refractivity contribution in [3.8, 4) is 0 Å². The Bertz CT molecular complexity index is 1020. The van der Waals surface area contributed by atoms with Crippen molar-refractivity contribution in [2.24, 2.45) is 0 Å². The molecule has 33 heavy (non-hydrogen) atoms. The summed E-state index contributed by atoms with van der Waals surface area (Å²) in [5.41, 5.74) is 1.29. The number of carbonyl (C=O) groups is 2. The zero-order chi connectivity index (χ0) is 23.8. The molecule has 3 atom stereocenters. The minimum atomic E-state index is -1.32. The van der Waals surface area contributed by atoms with Gasteiger partial charge >= 0.3 is 6.09 Å². The van der Waals surface area contributed by atoms with E-state index in [1.54, 1.807) is 26.8 Å². The molecule has 1 aliphatic heterocycles. The molecule has 2 aliphatic rings. The molecule has 2 amide bonds. The molecule has 0 aromatic heterocycles. The second-order valence-electron chi connectivity index (χ2n) is 9.89. The minimum Gasteiger partial charge on any atom is -0.444 e. The summed E-state index contributed by atoms with van der Waals surface area (Å²) in [7, 11) is 0. The van der Waals surface area contributed by atoms with E-state index in [-0.39, 0.29) is 24.7 Å². The summed E-state index contributed by atoms with van der Waals surface area (Å²) in [5, 5.41) is 2.93. The van der Waals surface area contributed by atoms with E-state index in [2.05, 4.69) is 5.32 Å². The van der Waals surface area contributed by atoms with E-state index in [0.717, 1.165) is 23.3 Å². The molecule has 2 aromatic carbocycles. The fraction of sp³-hybridized carbons (Fsp3) is 0.462. The third-order valence-electron chi connectivity index (χ3n) is 5.98. The normalized spacial score (nSPS) is 21.5. The highest BCUT2D eigenvalue weighted by Crippen LogP contribution is 2.42. The van der Waals surface area contributed by atoms with E-state index in [9.17, 15) is 18.4 Å². The molecular formula is C26H30F2N2O3. The van der Waals surface area contributed by atoms with Crippen molar-refractivity contribution >= 4 is 12.0 Å². The lowest BCUT2D eigenvalue weighted by molar-refractivity contribution is -0.126. The van der Waals surface area contributed by atoms with Gasteiger partial charge in [-0.25, -0.2) is 13.6 Å². The maximum Gasteiger partial charge on any atom is 0.411 e. The number of hydrogen-bond acceptors (Lipinski definition) is 3. The van der Waals surface area contributed by atoms with Crippen LogP contribution in [0.3, 0.4) is 0 Å². The van der Waals surface area contributed by atoms with Crippen LogP contribution in [-0.2, 0) is 9.53 Å². The molecule has 2 fully saturated rings. The fourth-order valence-corrected chi connectivity index (χ4v) is 4.25. The van der Waals surface area contributed by atoms with E-state index in [0.29, 0.717) is 11.1 Å². The highest BCUT2D eigenvalue weighted by atomic mass is 19.1. The lowest BCUT2D eigenvalue weighted by atomic mass is 9.96. The number of hydrogen-bond donors (Lipinski definition) is 1. The number of alkyl halides is 1. The van der Waals surface area contributed by atoms with Gasteiger partial charge in [0.2, 0.25) is 5.91 Å². The van der Waals surface area contributed by atoms with Crippen molar-refractivity contribution in [3.05, 3.63) is 71.0 Å². The Hall–Kier alpha value is -2.96. The largest absolute Gasteiger partial charge is 0.444 e. The fourth-order valence-electron chi connectivity index (χ4n) is 4.25. The molecule has 2 aromatic rings. The highest BCUT2D eigenvalue weighted by Gasteiger charge is 2.42. The Labute approximate surface area is 193 Å². The Morgan fingerprint density at radius 3 is 2.39 bits per heavy atom. The number of halogens is 2. The van der Waals surface area contributed by atoms with Gasteiger partial charge in [0.25, 0.3) is 0 Å². The van der Waals surface area contributed by atoms with E-state index < -0.39 is 35.9 Å². The molecule has 1 aliphatic carbocycles. The van der Waals surface area contributed by atoms with Gasteiger partial charge in [0.15, 0.2) is 0 Å². The molecule has 7 heteroatoms. The first kappa shape index (κ1) is 23.2. The molecule has 1 saturated carbocycles. The van der Waals surface area contributed by atoms with Gasteiger partial charge in [-0.15, -0.1) is 0 Å². The summed E-state index contributed by atoms with van der Waals surface area (Å²) in [6.07, 6.45) is -0.178. The molecule has 1 saturated heterocycles. The van der Waals surface area contributed by atoms with Gasteiger partial charge in [-0.2, -0.15) is 0 Å².